The normalized spacial score (nSPS) is 11.7. The van der Waals surface area contributed by atoms with E-state index in [1.54, 1.807) is 0 Å². The number of esters is 1. The van der Waals surface area contributed by atoms with Crippen LogP contribution in [0.1, 0.15) is 25.2 Å². The highest BCUT2D eigenvalue weighted by Crippen LogP contribution is 2.22. The fourth-order valence-corrected chi connectivity index (χ4v) is 3.09. The monoisotopic (exact) mass is 421 g/mol. The molecule has 1 aromatic heterocycles. The third-order valence-electron chi connectivity index (χ3n) is 4.77. The highest BCUT2D eigenvalue weighted by atomic mass is 16.5. The zero-order valence-electron chi connectivity index (χ0n) is 17.9. The Morgan fingerprint density at radius 1 is 0.935 bits per heavy atom. The largest absolute Gasteiger partial charge is 0.467 e. The number of anilines is 1. The van der Waals surface area contributed by atoms with Gasteiger partial charge in [0.05, 0.1) is 19.2 Å². The van der Waals surface area contributed by atoms with Crippen LogP contribution in [0.25, 0.3) is 10.9 Å². The fraction of sp³-hybridized carbons (Fsp3) is 0.304. The van der Waals surface area contributed by atoms with Crippen LogP contribution in [-0.2, 0) is 22.6 Å². The van der Waals surface area contributed by atoms with Crippen LogP contribution >= 0.6 is 0 Å². The number of benzene rings is 2. The number of rotatable bonds is 8. The molecule has 0 aliphatic rings. The number of urea groups is 1. The predicted octanol–water partition coefficient (Wildman–Crippen LogP) is 3.24. The van der Waals surface area contributed by atoms with Gasteiger partial charge < -0.3 is 20.7 Å². The molecule has 0 saturated heterocycles. The van der Waals surface area contributed by atoms with Gasteiger partial charge in [0.15, 0.2) is 5.82 Å². The van der Waals surface area contributed by atoms with E-state index in [0.29, 0.717) is 23.7 Å². The molecule has 3 aromatic rings. The molecule has 0 fully saturated rings. The number of carbonyl (C=O) groups excluding carboxylic acids is 2. The minimum absolute atomic E-state index is 0.00785. The molecule has 0 bridgehead atoms. The fourth-order valence-electron chi connectivity index (χ4n) is 3.09. The van der Waals surface area contributed by atoms with Crippen molar-refractivity contribution in [2.75, 3.05) is 12.4 Å². The van der Waals surface area contributed by atoms with Crippen LogP contribution in [-0.4, -0.2) is 35.1 Å². The molecule has 0 saturated carbocycles. The average Bonchev–Trinajstić information content (AvgIpc) is 2.79. The summed E-state index contributed by atoms with van der Waals surface area (Å²) in [5.74, 6) is 0.587. The molecule has 162 valence electrons. The summed E-state index contributed by atoms with van der Waals surface area (Å²) in [5.41, 5.74) is 1.72. The van der Waals surface area contributed by atoms with E-state index in [2.05, 4.69) is 25.9 Å². The van der Waals surface area contributed by atoms with Crippen LogP contribution in [0.3, 0.4) is 0 Å². The van der Waals surface area contributed by atoms with Crippen LogP contribution in [0, 0.1) is 5.92 Å². The van der Waals surface area contributed by atoms with Gasteiger partial charge in [0, 0.05) is 11.9 Å². The smallest absolute Gasteiger partial charge is 0.328 e. The number of methoxy groups -OCH3 is 1. The van der Waals surface area contributed by atoms with Crippen molar-refractivity contribution in [1.82, 2.24) is 20.6 Å². The van der Waals surface area contributed by atoms with Crippen LogP contribution < -0.4 is 16.0 Å². The van der Waals surface area contributed by atoms with Gasteiger partial charge in [-0.05, 0) is 23.6 Å². The second-order valence-corrected chi connectivity index (χ2v) is 7.42. The maximum Gasteiger partial charge on any atom is 0.328 e. The van der Waals surface area contributed by atoms with Crippen molar-refractivity contribution in [3.05, 3.63) is 66.0 Å². The minimum atomic E-state index is -0.557. The summed E-state index contributed by atoms with van der Waals surface area (Å²) >= 11 is 0. The van der Waals surface area contributed by atoms with Gasteiger partial charge in [0.25, 0.3) is 0 Å². The standard InChI is InChI=1S/C23H27N5O3/c1-15(2)20(22(29)31-3)28-21-17-11-7-8-12-18(17)26-19(27-21)14-25-23(30)24-13-16-9-5-4-6-10-16/h4-12,15,20H,13-14H2,1-3H3,(H2,24,25,30)(H,26,27,28)/t20-/m0/s1. The van der Waals surface area contributed by atoms with Crippen molar-refractivity contribution in [3.63, 3.8) is 0 Å². The number of fused-ring (bicyclic) bond motifs is 1. The summed E-state index contributed by atoms with van der Waals surface area (Å²) < 4.78 is 4.92. The molecule has 8 nitrogen and oxygen atoms in total. The first-order chi connectivity index (χ1) is 15.0. The number of para-hydroxylation sites is 1. The quantitative estimate of drug-likeness (QED) is 0.482. The number of nitrogens with one attached hydrogen (secondary N) is 3. The Balaban J connectivity index is 1.73. The first kappa shape index (κ1) is 22.0. The molecular weight excluding hydrogens is 394 g/mol. The van der Waals surface area contributed by atoms with Gasteiger partial charge in [-0.1, -0.05) is 56.3 Å². The third-order valence-corrected chi connectivity index (χ3v) is 4.77. The summed E-state index contributed by atoms with van der Waals surface area (Å²) in [6.07, 6.45) is 0. The van der Waals surface area contributed by atoms with Crippen molar-refractivity contribution in [1.29, 1.82) is 0 Å². The van der Waals surface area contributed by atoms with E-state index in [4.69, 9.17) is 4.74 Å². The van der Waals surface area contributed by atoms with Crippen LogP contribution in [0.5, 0.6) is 0 Å². The zero-order chi connectivity index (χ0) is 22.2. The molecule has 1 atom stereocenters. The van der Waals surface area contributed by atoms with E-state index in [-0.39, 0.29) is 24.5 Å². The Bertz CT molecular complexity index is 1040. The SMILES string of the molecule is COC(=O)[C@@H](Nc1nc(CNC(=O)NCc2ccccc2)nc2ccccc12)C(C)C. The van der Waals surface area contributed by atoms with Gasteiger partial charge in [-0.2, -0.15) is 0 Å². The summed E-state index contributed by atoms with van der Waals surface area (Å²) in [6.45, 7) is 4.42. The molecule has 3 rings (SSSR count). The van der Waals surface area contributed by atoms with Crippen molar-refractivity contribution in [3.8, 4) is 0 Å². The summed E-state index contributed by atoms with van der Waals surface area (Å²) in [6, 6.07) is 16.3. The molecule has 0 aliphatic carbocycles. The second kappa shape index (κ2) is 10.4. The van der Waals surface area contributed by atoms with Crippen LogP contribution in [0.2, 0.25) is 0 Å². The van der Waals surface area contributed by atoms with Crippen molar-refractivity contribution in [2.45, 2.75) is 33.0 Å². The minimum Gasteiger partial charge on any atom is -0.467 e. The number of amides is 2. The van der Waals surface area contributed by atoms with Gasteiger partial charge in [0.2, 0.25) is 0 Å². The Labute approximate surface area is 181 Å². The van der Waals surface area contributed by atoms with Crippen molar-refractivity contribution < 1.29 is 14.3 Å². The second-order valence-electron chi connectivity index (χ2n) is 7.42. The molecular formula is C23H27N5O3. The lowest BCUT2D eigenvalue weighted by Crippen LogP contribution is -2.36. The number of ether oxygens (including phenoxy) is 1. The lowest BCUT2D eigenvalue weighted by atomic mass is 10.0. The van der Waals surface area contributed by atoms with E-state index in [0.717, 1.165) is 10.9 Å². The van der Waals surface area contributed by atoms with Crippen LogP contribution in [0.15, 0.2) is 54.6 Å². The maximum absolute atomic E-state index is 12.2. The number of hydrogen-bond acceptors (Lipinski definition) is 6. The molecule has 0 unspecified atom stereocenters. The number of nitrogens with zero attached hydrogens (tertiary/aromatic N) is 2. The first-order valence-corrected chi connectivity index (χ1v) is 10.1. The van der Waals surface area contributed by atoms with Crippen LogP contribution in [0.4, 0.5) is 10.6 Å². The summed E-state index contributed by atoms with van der Waals surface area (Å²) in [5, 5.41) is 9.56. The number of aromatic nitrogens is 2. The van der Waals surface area contributed by atoms with E-state index in [9.17, 15) is 9.59 Å². The predicted molar refractivity (Wildman–Crippen MR) is 119 cm³/mol. The maximum atomic E-state index is 12.2. The highest BCUT2D eigenvalue weighted by Gasteiger charge is 2.24. The number of carbonyl (C=O) groups is 2. The summed E-state index contributed by atoms with van der Waals surface area (Å²) in [4.78, 5) is 33.5. The Hall–Kier alpha value is -3.68. The molecule has 0 aliphatic heterocycles. The molecule has 2 aromatic carbocycles. The van der Waals surface area contributed by atoms with Crippen molar-refractivity contribution in [2.24, 2.45) is 5.92 Å². The summed E-state index contributed by atoms with van der Waals surface area (Å²) in [7, 11) is 1.36. The van der Waals surface area contributed by atoms with Crippen molar-refractivity contribution >= 4 is 28.7 Å². The highest BCUT2D eigenvalue weighted by molar-refractivity contribution is 5.91. The first-order valence-electron chi connectivity index (χ1n) is 10.1. The van der Waals surface area contributed by atoms with Gasteiger partial charge in [-0.3, -0.25) is 0 Å². The average molecular weight is 422 g/mol. The van der Waals surface area contributed by atoms with E-state index in [1.807, 2.05) is 68.4 Å². The topological polar surface area (TPSA) is 105 Å². The van der Waals surface area contributed by atoms with E-state index < -0.39 is 6.04 Å². The van der Waals surface area contributed by atoms with Gasteiger partial charge in [-0.15, -0.1) is 0 Å². The number of hydrogen-bond donors (Lipinski definition) is 3. The molecule has 0 radical (unpaired) electrons. The Morgan fingerprint density at radius 3 is 2.32 bits per heavy atom. The molecule has 1 heterocycles. The molecule has 31 heavy (non-hydrogen) atoms. The molecule has 2 amide bonds. The van der Waals surface area contributed by atoms with E-state index in [1.165, 1.54) is 7.11 Å². The lowest BCUT2D eigenvalue weighted by Gasteiger charge is -2.21. The molecule has 3 N–H and O–H groups in total. The Kier molecular flexibility index (Phi) is 7.37. The zero-order valence-corrected chi connectivity index (χ0v) is 17.9. The molecule has 8 heteroatoms. The third kappa shape index (κ3) is 5.91. The Morgan fingerprint density at radius 2 is 1.61 bits per heavy atom. The lowest BCUT2D eigenvalue weighted by molar-refractivity contribution is -0.142. The van der Waals surface area contributed by atoms with Gasteiger partial charge >= 0.3 is 12.0 Å². The van der Waals surface area contributed by atoms with Gasteiger partial charge in [0.1, 0.15) is 11.9 Å². The molecule has 0 spiro atoms. The van der Waals surface area contributed by atoms with E-state index >= 15 is 0 Å². The van der Waals surface area contributed by atoms with Gasteiger partial charge in [-0.25, -0.2) is 19.6 Å².